The van der Waals surface area contributed by atoms with Gasteiger partial charge in [0.1, 0.15) is 12.5 Å². The fourth-order valence-electron chi connectivity index (χ4n) is 0.196. The van der Waals surface area contributed by atoms with Crippen molar-refractivity contribution in [2.24, 2.45) is 0 Å². The molecule has 0 unspecified atom stereocenters. The van der Waals surface area contributed by atoms with Gasteiger partial charge in [0, 0.05) is 0 Å². The minimum absolute atomic E-state index is 0.389. The van der Waals surface area contributed by atoms with Crippen LogP contribution >= 0.6 is 0 Å². The Labute approximate surface area is 57.5 Å². The van der Waals surface area contributed by atoms with Gasteiger partial charge in [0.25, 0.3) is 0 Å². The van der Waals surface area contributed by atoms with Crippen LogP contribution in [0.2, 0.25) is 0 Å². The van der Waals surface area contributed by atoms with Crippen LogP contribution in [0.3, 0.4) is 0 Å². The van der Waals surface area contributed by atoms with E-state index in [2.05, 4.69) is 9.47 Å². The fourth-order valence-corrected chi connectivity index (χ4v) is 0.196. The van der Waals surface area contributed by atoms with Gasteiger partial charge in [-0.05, 0) is 0 Å². The molecule has 0 radical (unpaired) electrons. The lowest BCUT2D eigenvalue weighted by Gasteiger charge is -1.82. The standard InChI is InChI=1S/C3H4O2.2C2H6/c1-2-5-3-4-1;2*1-2/h1-2H,3H2;2*1-2H3. The molecule has 9 heavy (non-hydrogen) atoms. The molecule has 1 aliphatic rings. The normalized spacial score (nSPS) is 11.1. The Morgan fingerprint density at radius 1 is 0.889 bits per heavy atom. The van der Waals surface area contributed by atoms with E-state index in [0.717, 1.165) is 0 Å². The zero-order valence-electron chi connectivity index (χ0n) is 6.68. The number of rotatable bonds is 0. The van der Waals surface area contributed by atoms with Crippen LogP contribution in [0.1, 0.15) is 27.7 Å². The van der Waals surface area contributed by atoms with Gasteiger partial charge in [-0.3, -0.25) is 0 Å². The molecule has 2 heteroatoms. The van der Waals surface area contributed by atoms with Crippen LogP contribution in [-0.2, 0) is 9.47 Å². The van der Waals surface area contributed by atoms with E-state index in [-0.39, 0.29) is 0 Å². The minimum Gasteiger partial charge on any atom is -0.462 e. The summed E-state index contributed by atoms with van der Waals surface area (Å²) < 4.78 is 9.08. The SMILES string of the molecule is C1=COCO1.CC.CC. The van der Waals surface area contributed by atoms with Crippen molar-refractivity contribution in [2.45, 2.75) is 27.7 Å². The Morgan fingerprint density at radius 2 is 1.22 bits per heavy atom. The molecule has 0 N–H and O–H groups in total. The van der Waals surface area contributed by atoms with Gasteiger partial charge in [-0.1, -0.05) is 27.7 Å². The van der Waals surface area contributed by atoms with Gasteiger partial charge >= 0.3 is 0 Å². The van der Waals surface area contributed by atoms with Gasteiger partial charge in [-0.2, -0.15) is 0 Å². The van der Waals surface area contributed by atoms with Crippen molar-refractivity contribution < 1.29 is 9.47 Å². The molecule has 0 saturated carbocycles. The average Bonchev–Trinajstić information content (AvgIpc) is 2.51. The van der Waals surface area contributed by atoms with E-state index in [0.29, 0.717) is 6.79 Å². The third-order valence-electron chi connectivity index (χ3n) is 0.384. The second kappa shape index (κ2) is 15.7. The van der Waals surface area contributed by atoms with Crippen molar-refractivity contribution >= 4 is 0 Å². The van der Waals surface area contributed by atoms with Gasteiger partial charge < -0.3 is 9.47 Å². The average molecular weight is 132 g/mol. The molecule has 0 aliphatic carbocycles. The summed E-state index contributed by atoms with van der Waals surface area (Å²) >= 11 is 0. The molecule has 1 heterocycles. The van der Waals surface area contributed by atoms with E-state index in [1.54, 1.807) is 0 Å². The molecule has 1 rings (SSSR count). The van der Waals surface area contributed by atoms with E-state index < -0.39 is 0 Å². The third kappa shape index (κ3) is 11.1. The van der Waals surface area contributed by atoms with E-state index in [1.165, 1.54) is 12.5 Å². The molecule has 0 fully saturated rings. The van der Waals surface area contributed by atoms with Crippen LogP contribution in [0.25, 0.3) is 0 Å². The molecule has 0 aromatic carbocycles. The highest BCUT2D eigenvalue weighted by Crippen LogP contribution is 1.88. The lowest BCUT2D eigenvalue weighted by atomic mass is 11.0. The van der Waals surface area contributed by atoms with Gasteiger partial charge in [-0.25, -0.2) is 0 Å². The van der Waals surface area contributed by atoms with E-state index >= 15 is 0 Å². The highest BCUT2D eigenvalue weighted by molar-refractivity contribution is 4.63. The Bertz CT molecular complexity index is 44.9. The monoisotopic (exact) mass is 132 g/mol. The summed E-state index contributed by atoms with van der Waals surface area (Å²) in [7, 11) is 0. The van der Waals surface area contributed by atoms with Crippen molar-refractivity contribution in [1.82, 2.24) is 0 Å². The first-order chi connectivity index (χ1) is 4.50. The molecule has 2 nitrogen and oxygen atoms in total. The smallest absolute Gasteiger partial charge is 0.229 e. The summed E-state index contributed by atoms with van der Waals surface area (Å²) in [6.45, 7) is 8.39. The summed E-state index contributed by atoms with van der Waals surface area (Å²) in [5.74, 6) is 0. The maximum Gasteiger partial charge on any atom is 0.229 e. The third-order valence-corrected chi connectivity index (χ3v) is 0.384. The Hall–Kier alpha value is -0.660. The summed E-state index contributed by atoms with van der Waals surface area (Å²) in [4.78, 5) is 0. The molecule has 0 spiro atoms. The summed E-state index contributed by atoms with van der Waals surface area (Å²) in [6, 6.07) is 0. The molecule has 0 saturated heterocycles. The lowest BCUT2D eigenvalue weighted by molar-refractivity contribution is 0.0920. The maximum atomic E-state index is 4.54. The molecule has 0 bridgehead atoms. The molecular weight excluding hydrogens is 116 g/mol. The summed E-state index contributed by atoms with van der Waals surface area (Å²) in [5.41, 5.74) is 0. The second-order valence-corrected chi connectivity index (χ2v) is 0.723. The zero-order valence-corrected chi connectivity index (χ0v) is 6.68. The van der Waals surface area contributed by atoms with Crippen LogP contribution in [-0.4, -0.2) is 6.79 Å². The maximum absolute atomic E-state index is 4.54. The molecule has 0 aromatic rings. The fraction of sp³-hybridized carbons (Fsp3) is 0.714. The molecule has 0 aromatic heterocycles. The largest absolute Gasteiger partial charge is 0.462 e. The van der Waals surface area contributed by atoms with Crippen molar-refractivity contribution in [1.29, 1.82) is 0 Å². The van der Waals surface area contributed by atoms with E-state index in [1.807, 2.05) is 27.7 Å². The molecule has 56 valence electrons. The highest BCUT2D eigenvalue weighted by Gasteiger charge is 1.82. The van der Waals surface area contributed by atoms with Gasteiger partial charge in [0.2, 0.25) is 6.79 Å². The highest BCUT2D eigenvalue weighted by atomic mass is 16.7. The molecule has 0 amide bonds. The number of hydrogen-bond acceptors (Lipinski definition) is 2. The Balaban J connectivity index is 0. The van der Waals surface area contributed by atoms with Crippen molar-refractivity contribution in [3.8, 4) is 0 Å². The van der Waals surface area contributed by atoms with Crippen molar-refractivity contribution in [3.05, 3.63) is 12.5 Å². The predicted octanol–water partition coefficient (Wildman–Crippen LogP) is 2.51. The number of ether oxygens (including phenoxy) is 2. The van der Waals surface area contributed by atoms with Gasteiger partial charge in [0.15, 0.2) is 0 Å². The topological polar surface area (TPSA) is 18.5 Å². The Morgan fingerprint density at radius 3 is 1.33 bits per heavy atom. The summed E-state index contributed by atoms with van der Waals surface area (Å²) in [6.07, 6.45) is 3.03. The van der Waals surface area contributed by atoms with Crippen LogP contribution in [0.5, 0.6) is 0 Å². The van der Waals surface area contributed by atoms with Crippen molar-refractivity contribution in [3.63, 3.8) is 0 Å². The first-order valence-electron chi connectivity index (χ1n) is 3.38. The Kier molecular flexibility index (Phi) is 19.5. The summed E-state index contributed by atoms with van der Waals surface area (Å²) in [5, 5.41) is 0. The first-order valence-corrected chi connectivity index (χ1v) is 3.38. The molecule has 0 atom stereocenters. The van der Waals surface area contributed by atoms with Crippen LogP contribution in [0.15, 0.2) is 12.5 Å². The van der Waals surface area contributed by atoms with Gasteiger partial charge in [0.05, 0.1) is 0 Å². The predicted molar refractivity (Wildman–Crippen MR) is 38.9 cm³/mol. The first kappa shape index (κ1) is 11.2. The lowest BCUT2D eigenvalue weighted by Crippen LogP contribution is -1.75. The van der Waals surface area contributed by atoms with Crippen LogP contribution in [0, 0.1) is 0 Å². The molecule has 1 aliphatic heterocycles. The second-order valence-electron chi connectivity index (χ2n) is 0.723. The quantitative estimate of drug-likeness (QED) is 0.504. The van der Waals surface area contributed by atoms with E-state index in [9.17, 15) is 0 Å². The zero-order chi connectivity index (χ0) is 7.54. The van der Waals surface area contributed by atoms with Gasteiger partial charge in [-0.15, -0.1) is 0 Å². The van der Waals surface area contributed by atoms with Crippen LogP contribution < -0.4 is 0 Å². The number of hydrogen-bond donors (Lipinski definition) is 0. The molecular formula is C7H16O2. The van der Waals surface area contributed by atoms with Crippen LogP contribution in [0.4, 0.5) is 0 Å². The van der Waals surface area contributed by atoms with E-state index in [4.69, 9.17) is 0 Å². The van der Waals surface area contributed by atoms with Crippen molar-refractivity contribution in [2.75, 3.05) is 6.79 Å². The minimum atomic E-state index is 0.389.